The molecule has 1 aromatic rings. The van der Waals surface area contributed by atoms with E-state index >= 15 is 0 Å². The molecule has 0 bridgehead atoms. The van der Waals surface area contributed by atoms with Crippen LogP contribution in [-0.4, -0.2) is 0 Å². The Morgan fingerprint density at radius 2 is 1.73 bits per heavy atom. The quantitative estimate of drug-likeness (QED) is 0.576. The molecule has 0 heterocycles. The number of nitrogens with zero attached hydrogens (tertiary/aromatic N) is 1. The van der Waals surface area contributed by atoms with Gasteiger partial charge in [0.05, 0.1) is 6.57 Å². The van der Waals surface area contributed by atoms with Gasteiger partial charge in [-0.15, -0.1) is 0 Å². The van der Waals surface area contributed by atoms with Crippen molar-refractivity contribution in [2.45, 2.75) is 13.8 Å². The molecule has 0 radical (unpaired) electrons. The monoisotopic (exact) mass is 209 g/mol. The van der Waals surface area contributed by atoms with Crippen LogP contribution in [0.15, 0.2) is 16.6 Å². The topological polar surface area (TPSA) is 4.36 Å². The SMILES string of the molecule is [C-]#[N+]c1cc(C)c(Br)c(C)c1. The molecule has 1 aromatic carbocycles. The van der Waals surface area contributed by atoms with Crippen molar-refractivity contribution in [3.63, 3.8) is 0 Å². The minimum atomic E-state index is 0.711. The molecule has 0 spiro atoms. The molecule has 0 atom stereocenters. The second kappa shape index (κ2) is 3.06. The number of halogens is 1. The molecule has 0 unspecified atom stereocenters. The molecule has 0 aliphatic rings. The summed E-state index contributed by atoms with van der Waals surface area (Å²) in [6, 6.07) is 3.76. The van der Waals surface area contributed by atoms with Crippen molar-refractivity contribution in [1.82, 2.24) is 0 Å². The Labute approximate surface area is 75.0 Å². The summed E-state index contributed by atoms with van der Waals surface area (Å²) in [7, 11) is 0. The lowest BCUT2D eigenvalue weighted by molar-refractivity contribution is 1.35. The highest BCUT2D eigenvalue weighted by Gasteiger charge is 2.00. The van der Waals surface area contributed by atoms with Gasteiger partial charge in [0.25, 0.3) is 0 Å². The van der Waals surface area contributed by atoms with Crippen LogP contribution in [0.3, 0.4) is 0 Å². The molecule has 0 saturated carbocycles. The summed E-state index contributed by atoms with van der Waals surface area (Å²) in [5.74, 6) is 0. The third kappa shape index (κ3) is 1.61. The number of hydrogen-bond acceptors (Lipinski definition) is 0. The molecule has 11 heavy (non-hydrogen) atoms. The molecule has 0 amide bonds. The molecule has 0 fully saturated rings. The van der Waals surface area contributed by atoms with E-state index in [9.17, 15) is 0 Å². The van der Waals surface area contributed by atoms with Crippen molar-refractivity contribution >= 4 is 21.6 Å². The Morgan fingerprint density at radius 3 is 2.09 bits per heavy atom. The predicted octanol–water partition coefficient (Wildman–Crippen LogP) is 3.62. The van der Waals surface area contributed by atoms with E-state index in [-0.39, 0.29) is 0 Å². The van der Waals surface area contributed by atoms with Crippen LogP contribution in [-0.2, 0) is 0 Å². The van der Waals surface area contributed by atoms with Crippen molar-refractivity contribution in [3.05, 3.63) is 39.1 Å². The highest BCUT2D eigenvalue weighted by atomic mass is 79.9. The molecule has 1 nitrogen and oxygen atoms in total. The maximum absolute atomic E-state index is 6.82. The maximum Gasteiger partial charge on any atom is 0.187 e. The van der Waals surface area contributed by atoms with Gasteiger partial charge in [0, 0.05) is 4.47 Å². The zero-order valence-electron chi connectivity index (χ0n) is 6.48. The highest BCUT2D eigenvalue weighted by Crippen LogP contribution is 2.26. The van der Waals surface area contributed by atoms with Gasteiger partial charge in [-0.3, -0.25) is 0 Å². The second-order valence-corrected chi connectivity index (χ2v) is 3.30. The summed E-state index contributed by atoms with van der Waals surface area (Å²) in [5.41, 5.74) is 2.95. The van der Waals surface area contributed by atoms with Gasteiger partial charge in [0.15, 0.2) is 5.69 Å². The summed E-state index contributed by atoms with van der Waals surface area (Å²) in [5, 5.41) is 0. The lowest BCUT2D eigenvalue weighted by atomic mass is 10.1. The van der Waals surface area contributed by atoms with Crippen LogP contribution in [0, 0.1) is 20.4 Å². The second-order valence-electron chi connectivity index (χ2n) is 2.51. The van der Waals surface area contributed by atoms with E-state index in [1.165, 1.54) is 0 Å². The third-order valence-electron chi connectivity index (χ3n) is 1.55. The molecule has 2 heteroatoms. The van der Waals surface area contributed by atoms with Crippen LogP contribution < -0.4 is 0 Å². The summed E-state index contributed by atoms with van der Waals surface area (Å²) < 4.78 is 1.10. The average Bonchev–Trinajstić information content (AvgIpc) is 1.99. The van der Waals surface area contributed by atoms with Crippen molar-refractivity contribution < 1.29 is 0 Å². The van der Waals surface area contributed by atoms with Gasteiger partial charge in [-0.1, -0.05) is 28.1 Å². The standard InChI is InChI=1S/C9H8BrN/c1-6-4-8(11-3)5-7(2)9(6)10/h4-5H,1-2H3. The van der Waals surface area contributed by atoms with Crippen molar-refractivity contribution in [2.24, 2.45) is 0 Å². The summed E-state index contributed by atoms with van der Waals surface area (Å²) in [4.78, 5) is 3.36. The Kier molecular flexibility index (Phi) is 2.31. The molecular formula is C9H8BrN. The fourth-order valence-corrected chi connectivity index (χ4v) is 1.22. The fourth-order valence-electron chi connectivity index (χ4n) is 0.988. The molecule has 0 N–H and O–H groups in total. The molecule has 56 valence electrons. The van der Waals surface area contributed by atoms with Crippen LogP contribution in [0.5, 0.6) is 0 Å². The summed E-state index contributed by atoms with van der Waals surface area (Å²) in [6.07, 6.45) is 0. The van der Waals surface area contributed by atoms with Gasteiger partial charge in [0.1, 0.15) is 0 Å². The van der Waals surface area contributed by atoms with E-state index in [1.54, 1.807) is 0 Å². The number of aryl methyl sites for hydroxylation is 2. The van der Waals surface area contributed by atoms with E-state index in [2.05, 4.69) is 20.8 Å². The minimum absolute atomic E-state index is 0.711. The third-order valence-corrected chi connectivity index (χ3v) is 2.80. The lowest BCUT2D eigenvalue weighted by Crippen LogP contribution is -1.79. The average molecular weight is 210 g/mol. The van der Waals surface area contributed by atoms with Gasteiger partial charge < -0.3 is 0 Å². The predicted molar refractivity (Wildman–Crippen MR) is 49.9 cm³/mol. The zero-order valence-corrected chi connectivity index (χ0v) is 8.07. The van der Waals surface area contributed by atoms with Crippen LogP contribution in [0.1, 0.15) is 11.1 Å². The maximum atomic E-state index is 6.82. The largest absolute Gasteiger partial charge is 0.238 e. The first-order valence-electron chi connectivity index (χ1n) is 3.29. The molecule has 0 saturated heterocycles. The van der Waals surface area contributed by atoms with Gasteiger partial charge >= 0.3 is 0 Å². The van der Waals surface area contributed by atoms with E-state index in [4.69, 9.17) is 6.57 Å². The van der Waals surface area contributed by atoms with Crippen molar-refractivity contribution in [1.29, 1.82) is 0 Å². The Hall–Kier alpha value is -0.810. The van der Waals surface area contributed by atoms with E-state index in [1.807, 2.05) is 26.0 Å². The number of benzene rings is 1. The molecule has 0 aromatic heterocycles. The van der Waals surface area contributed by atoms with Crippen LogP contribution in [0.2, 0.25) is 0 Å². The summed E-state index contributed by atoms with van der Waals surface area (Å²) >= 11 is 3.44. The molecule has 0 aliphatic carbocycles. The Bertz CT molecular complexity index is 300. The van der Waals surface area contributed by atoms with Gasteiger partial charge in [-0.05, 0) is 25.0 Å². The van der Waals surface area contributed by atoms with Gasteiger partial charge in [0.2, 0.25) is 0 Å². The first-order chi connectivity index (χ1) is 5.15. The highest BCUT2D eigenvalue weighted by molar-refractivity contribution is 9.10. The first-order valence-corrected chi connectivity index (χ1v) is 4.08. The Balaban J connectivity index is 3.35. The smallest absolute Gasteiger partial charge is 0.187 e. The van der Waals surface area contributed by atoms with Gasteiger partial charge in [-0.25, -0.2) is 4.85 Å². The van der Waals surface area contributed by atoms with Gasteiger partial charge in [-0.2, -0.15) is 0 Å². The Morgan fingerprint density at radius 1 is 1.27 bits per heavy atom. The fraction of sp³-hybridized carbons (Fsp3) is 0.222. The molecule has 0 aliphatic heterocycles. The van der Waals surface area contributed by atoms with E-state index in [0.717, 1.165) is 15.6 Å². The van der Waals surface area contributed by atoms with Crippen molar-refractivity contribution in [2.75, 3.05) is 0 Å². The van der Waals surface area contributed by atoms with E-state index in [0.29, 0.717) is 5.69 Å². The molecule has 1 rings (SSSR count). The summed E-state index contributed by atoms with van der Waals surface area (Å²) in [6.45, 7) is 10.8. The van der Waals surface area contributed by atoms with Crippen LogP contribution in [0.4, 0.5) is 5.69 Å². The number of rotatable bonds is 0. The zero-order chi connectivity index (χ0) is 8.43. The minimum Gasteiger partial charge on any atom is -0.238 e. The van der Waals surface area contributed by atoms with Crippen molar-refractivity contribution in [3.8, 4) is 0 Å². The first kappa shape index (κ1) is 8.29. The van der Waals surface area contributed by atoms with Crippen LogP contribution in [0.25, 0.3) is 4.85 Å². The van der Waals surface area contributed by atoms with E-state index < -0.39 is 0 Å². The molecular weight excluding hydrogens is 202 g/mol. The lowest BCUT2D eigenvalue weighted by Gasteiger charge is -2.02. The van der Waals surface area contributed by atoms with Crippen LogP contribution >= 0.6 is 15.9 Å². The number of hydrogen-bond donors (Lipinski definition) is 0. The normalized spacial score (nSPS) is 9.27.